The molecule has 0 aliphatic carbocycles. The summed E-state index contributed by atoms with van der Waals surface area (Å²) in [6, 6.07) is 4.36. The number of furan rings is 1. The minimum Gasteiger partial charge on any atom is -0.469 e. The van der Waals surface area contributed by atoms with Crippen molar-refractivity contribution in [2.24, 2.45) is 0 Å². The van der Waals surface area contributed by atoms with Crippen molar-refractivity contribution in [2.45, 2.75) is 38.1 Å². The molecule has 0 amide bonds. The summed E-state index contributed by atoms with van der Waals surface area (Å²) in [6.45, 7) is 2.52. The molecule has 1 aliphatic rings. The number of likely N-dealkylation sites (tertiary alicyclic amines) is 1. The van der Waals surface area contributed by atoms with Crippen molar-refractivity contribution >= 4 is 0 Å². The summed E-state index contributed by atoms with van der Waals surface area (Å²) >= 11 is 0. The monoisotopic (exact) mass is 223 g/mol. The molecule has 0 spiro atoms. The van der Waals surface area contributed by atoms with Crippen LogP contribution in [-0.2, 0) is 6.42 Å². The summed E-state index contributed by atoms with van der Waals surface area (Å²) in [5.41, 5.74) is 0. The lowest BCUT2D eigenvalue weighted by Crippen LogP contribution is -2.42. The second kappa shape index (κ2) is 6.06. The summed E-state index contributed by atoms with van der Waals surface area (Å²) in [4.78, 5) is 2.42. The molecule has 0 radical (unpaired) electrons. The van der Waals surface area contributed by atoms with Crippen LogP contribution >= 0.6 is 0 Å². The summed E-state index contributed by atoms with van der Waals surface area (Å²) in [5.74, 6) is 1.07. The first-order valence-electron chi connectivity index (χ1n) is 6.27. The van der Waals surface area contributed by atoms with Crippen LogP contribution in [0.5, 0.6) is 0 Å². The van der Waals surface area contributed by atoms with Gasteiger partial charge in [0.05, 0.1) is 12.9 Å². The van der Waals surface area contributed by atoms with Gasteiger partial charge in [-0.3, -0.25) is 4.90 Å². The standard InChI is InChI=1S/C13H21NO2/c15-11-12-5-1-2-8-14(12)9-3-6-13-7-4-10-16-13/h4,7,10,12,15H,1-3,5-6,8-9,11H2. The van der Waals surface area contributed by atoms with Gasteiger partial charge >= 0.3 is 0 Å². The van der Waals surface area contributed by atoms with E-state index < -0.39 is 0 Å². The normalized spacial score (nSPS) is 22.4. The minimum absolute atomic E-state index is 0.306. The van der Waals surface area contributed by atoms with E-state index in [4.69, 9.17) is 4.42 Å². The molecule has 2 heterocycles. The molecule has 0 bridgehead atoms. The molecular weight excluding hydrogens is 202 g/mol. The second-order valence-electron chi connectivity index (χ2n) is 4.55. The van der Waals surface area contributed by atoms with E-state index in [1.807, 2.05) is 12.1 Å². The number of aryl methyl sites for hydroxylation is 1. The molecule has 1 atom stereocenters. The molecule has 0 saturated carbocycles. The Hall–Kier alpha value is -0.800. The predicted molar refractivity (Wildman–Crippen MR) is 63.3 cm³/mol. The summed E-state index contributed by atoms with van der Waals surface area (Å²) in [6.07, 6.45) is 7.53. The average molecular weight is 223 g/mol. The Kier molecular flexibility index (Phi) is 4.43. The van der Waals surface area contributed by atoms with Gasteiger partial charge in [-0.25, -0.2) is 0 Å². The first-order valence-corrected chi connectivity index (χ1v) is 6.27. The predicted octanol–water partition coefficient (Wildman–Crippen LogP) is 2.06. The fraction of sp³-hybridized carbons (Fsp3) is 0.692. The highest BCUT2D eigenvalue weighted by Crippen LogP contribution is 2.17. The molecule has 0 aromatic carbocycles. The molecule has 1 N–H and O–H groups in total. The molecule has 2 rings (SSSR count). The zero-order valence-corrected chi connectivity index (χ0v) is 9.77. The third-order valence-electron chi connectivity index (χ3n) is 3.41. The van der Waals surface area contributed by atoms with Crippen molar-refractivity contribution in [3.05, 3.63) is 24.2 Å². The van der Waals surface area contributed by atoms with Crippen molar-refractivity contribution < 1.29 is 9.52 Å². The molecule has 1 aromatic rings. The third-order valence-corrected chi connectivity index (χ3v) is 3.41. The van der Waals surface area contributed by atoms with Crippen molar-refractivity contribution in [3.63, 3.8) is 0 Å². The Labute approximate surface area is 97.1 Å². The van der Waals surface area contributed by atoms with Gasteiger partial charge in [-0.1, -0.05) is 6.42 Å². The Balaban J connectivity index is 1.71. The van der Waals surface area contributed by atoms with Crippen molar-refractivity contribution in [2.75, 3.05) is 19.7 Å². The number of aliphatic hydroxyl groups is 1. The van der Waals surface area contributed by atoms with Crippen LogP contribution in [0.3, 0.4) is 0 Å². The molecule has 3 nitrogen and oxygen atoms in total. The van der Waals surface area contributed by atoms with Gasteiger partial charge in [0.2, 0.25) is 0 Å². The topological polar surface area (TPSA) is 36.6 Å². The van der Waals surface area contributed by atoms with E-state index in [9.17, 15) is 5.11 Å². The van der Waals surface area contributed by atoms with Crippen LogP contribution in [0.25, 0.3) is 0 Å². The first-order chi connectivity index (χ1) is 7.90. The smallest absolute Gasteiger partial charge is 0.103 e. The number of rotatable bonds is 5. The maximum absolute atomic E-state index is 9.28. The number of hydrogen-bond donors (Lipinski definition) is 1. The largest absolute Gasteiger partial charge is 0.469 e. The van der Waals surface area contributed by atoms with Gasteiger partial charge < -0.3 is 9.52 Å². The highest BCUT2D eigenvalue weighted by molar-refractivity contribution is 4.98. The lowest BCUT2D eigenvalue weighted by atomic mass is 10.0. The number of aliphatic hydroxyl groups excluding tert-OH is 1. The Morgan fingerprint density at radius 1 is 1.44 bits per heavy atom. The molecule has 1 aliphatic heterocycles. The molecule has 16 heavy (non-hydrogen) atoms. The lowest BCUT2D eigenvalue weighted by Gasteiger charge is -2.34. The number of nitrogens with zero attached hydrogens (tertiary/aromatic N) is 1. The van der Waals surface area contributed by atoms with Crippen LogP contribution in [0.4, 0.5) is 0 Å². The van der Waals surface area contributed by atoms with E-state index in [0.717, 1.165) is 38.1 Å². The highest BCUT2D eigenvalue weighted by atomic mass is 16.3. The highest BCUT2D eigenvalue weighted by Gasteiger charge is 2.20. The fourth-order valence-electron chi connectivity index (χ4n) is 2.47. The minimum atomic E-state index is 0.306. The van der Waals surface area contributed by atoms with Crippen molar-refractivity contribution in [1.29, 1.82) is 0 Å². The maximum atomic E-state index is 9.28. The quantitative estimate of drug-likeness (QED) is 0.830. The summed E-state index contributed by atoms with van der Waals surface area (Å²) in [7, 11) is 0. The van der Waals surface area contributed by atoms with Crippen LogP contribution in [0.1, 0.15) is 31.4 Å². The maximum Gasteiger partial charge on any atom is 0.103 e. The second-order valence-corrected chi connectivity index (χ2v) is 4.55. The van der Waals surface area contributed by atoms with Crippen LogP contribution in [0.15, 0.2) is 22.8 Å². The van der Waals surface area contributed by atoms with Gasteiger partial charge in [0.15, 0.2) is 0 Å². The zero-order valence-electron chi connectivity index (χ0n) is 9.77. The van der Waals surface area contributed by atoms with E-state index in [0.29, 0.717) is 12.6 Å². The Morgan fingerprint density at radius 2 is 2.38 bits per heavy atom. The molecule has 1 fully saturated rings. The van der Waals surface area contributed by atoms with Gasteiger partial charge in [0.25, 0.3) is 0 Å². The lowest BCUT2D eigenvalue weighted by molar-refractivity contribution is 0.0890. The van der Waals surface area contributed by atoms with E-state index >= 15 is 0 Å². The number of piperidine rings is 1. The van der Waals surface area contributed by atoms with E-state index in [-0.39, 0.29) is 0 Å². The van der Waals surface area contributed by atoms with Crippen LogP contribution in [-0.4, -0.2) is 35.7 Å². The SMILES string of the molecule is OCC1CCCCN1CCCc1ccco1. The molecule has 90 valence electrons. The molecular formula is C13H21NO2. The van der Waals surface area contributed by atoms with Crippen LogP contribution in [0, 0.1) is 0 Å². The Bertz CT molecular complexity index is 284. The zero-order chi connectivity index (χ0) is 11.2. The van der Waals surface area contributed by atoms with Crippen molar-refractivity contribution in [1.82, 2.24) is 4.90 Å². The van der Waals surface area contributed by atoms with Gasteiger partial charge in [-0.05, 0) is 44.5 Å². The van der Waals surface area contributed by atoms with Gasteiger partial charge in [0, 0.05) is 12.5 Å². The van der Waals surface area contributed by atoms with Gasteiger partial charge in [0.1, 0.15) is 5.76 Å². The van der Waals surface area contributed by atoms with Crippen LogP contribution in [0.2, 0.25) is 0 Å². The van der Waals surface area contributed by atoms with E-state index in [1.165, 1.54) is 12.8 Å². The van der Waals surface area contributed by atoms with Gasteiger partial charge in [-0.2, -0.15) is 0 Å². The van der Waals surface area contributed by atoms with Crippen molar-refractivity contribution in [3.8, 4) is 0 Å². The van der Waals surface area contributed by atoms with E-state index in [2.05, 4.69) is 4.90 Å². The van der Waals surface area contributed by atoms with E-state index in [1.54, 1.807) is 6.26 Å². The summed E-state index contributed by atoms with van der Waals surface area (Å²) in [5, 5.41) is 9.28. The molecule has 1 aromatic heterocycles. The summed E-state index contributed by atoms with van der Waals surface area (Å²) < 4.78 is 5.31. The Morgan fingerprint density at radius 3 is 3.12 bits per heavy atom. The third kappa shape index (κ3) is 3.09. The molecule has 3 heteroatoms. The first kappa shape index (κ1) is 11.7. The van der Waals surface area contributed by atoms with Gasteiger partial charge in [-0.15, -0.1) is 0 Å². The number of hydrogen-bond acceptors (Lipinski definition) is 3. The van der Waals surface area contributed by atoms with Crippen LogP contribution < -0.4 is 0 Å². The molecule has 1 saturated heterocycles. The average Bonchev–Trinajstić information content (AvgIpc) is 2.83. The molecule has 1 unspecified atom stereocenters. The fourth-order valence-corrected chi connectivity index (χ4v) is 2.47.